The molecule has 1 aromatic rings. The maximum absolute atomic E-state index is 14.0. The molecular weight excluding hydrogens is 328 g/mol. The highest BCUT2D eigenvalue weighted by molar-refractivity contribution is 5.39. The molecule has 0 amide bonds. The fraction of sp³-hybridized carbons (Fsp3) is 0.619. The second-order valence-corrected chi connectivity index (χ2v) is 7.05. The molecule has 1 aliphatic carbocycles. The van der Waals surface area contributed by atoms with Crippen LogP contribution in [0.4, 0.5) is 17.6 Å². The number of halogens is 4. The van der Waals surface area contributed by atoms with Gasteiger partial charge in [0.25, 0.3) is 0 Å². The molecule has 1 fully saturated rings. The number of hydrogen-bond donors (Lipinski definition) is 0. The van der Waals surface area contributed by atoms with Crippen LogP contribution in [-0.2, 0) is 0 Å². The van der Waals surface area contributed by atoms with Crippen molar-refractivity contribution < 1.29 is 17.6 Å². The minimum atomic E-state index is -4.60. The molecule has 0 bridgehead atoms. The Morgan fingerprint density at radius 3 is 2.36 bits per heavy atom. The highest BCUT2D eigenvalue weighted by atomic mass is 19.4. The van der Waals surface area contributed by atoms with Gasteiger partial charge >= 0.3 is 6.18 Å². The summed E-state index contributed by atoms with van der Waals surface area (Å²) in [5.41, 5.74) is 0.699. The zero-order valence-electron chi connectivity index (χ0n) is 14.8. The van der Waals surface area contributed by atoms with Crippen molar-refractivity contribution in [1.82, 2.24) is 0 Å². The summed E-state index contributed by atoms with van der Waals surface area (Å²) in [6.45, 7) is 2.21. The number of benzene rings is 1. The van der Waals surface area contributed by atoms with Crippen molar-refractivity contribution >= 4 is 0 Å². The molecule has 0 spiro atoms. The quantitative estimate of drug-likeness (QED) is 0.293. The Morgan fingerprint density at radius 1 is 1.04 bits per heavy atom. The van der Waals surface area contributed by atoms with Crippen molar-refractivity contribution in [2.24, 2.45) is 5.92 Å². The van der Waals surface area contributed by atoms with Gasteiger partial charge in [0.05, 0.1) is 5.56 Å². The van der Waals surface area contributed by atoms with Crippen molar-refractivity contribution in [3.05, 3.63) is 35.1 Å². The Morgan fingerprint density at radius 2 is 1.76 bits per heavy atom. The first-order chi connectivity index (χ1) is 11.9. The Labute approximate surface area is 148 Å². The summed E-state index contributed by atoms with van der Waals surface area (Å²) < 4.78 is 50.4. The fourth-order valence-electron chi connectivity index (χ4n) is 3.67. The molecule has 0 nitrogen and oxygen atoms in total. The van der Waals surface area contributed by atoms with Gasteiger partial charge in [0.2, 0.25) is 0 Å². The lowest BCUT2D eigenvalue weighted by Crippen LogP contribution is -2.13. The van der Waals surface area contributed by atoms with Crippen LogP contribution < -0.4 is 0 Å². The van der Waals surface area contributed by atoms with Crippen LogP contribution in [0.1, 0.15) is 81.8 Å². The first-order valence-corrected chi connectivity index (χ1v) is 9.28. The minimum Gasteiger partial charge on any atom is -0.206 e. The SMILES string of the molecule is CCCCCCC1CCC(c2ccc(C#CC(F)(F)F)c(F)c2)CC1. The predicted molar refractivity (Wildman–Crippen MR) is 92.8 cm³/mol. The first-order valence-electron chi connectivity index (χ1n) is 9.28. The molecule has 1 aliphatic rings. The maximum atomic E-state index is 14.0. The van der Waals surface area contributed by atoms with Crippen molar-refractivity contribution in [1.29, 1.82) is 0 Å². The highest BCUT2D eigenvalue weighted by Gasteiger charge is 2.24. The molecule has 0 saturated heterocycles. The van der Waals surface area contributed by atoms with Gasteiger partial charge in [-0.1, -0.05) is 51.0 Å². The normalized spacial score (nSPS) is 20.8. The van der Waals surface area contributed by atoms with E-state index in [1.807, 2.05) is 5.92 Å². The Kier molecular flexibility index (Phi) is 7.35. The van der Waals surface area contributed by atoms with E-state index in [1.165, 1.54) is 44.2 Å². The molecule has 4 heteroatoms. The van der Waals surface area contributed by atoms with Gasteiger partial charge < -0.3 is 0 Å². The second-order valence-electron chi connectivity index (χ2n) is 7.05. The van der Waals surface area contributed by atoms with Crippen LogP contribution in [0.3, 0.4) is 0 Å². The summed E-state index contributed by atoms with van der Waals surface area (Å²) in [5.74, 6) is 3.42. The Bertz CT molecular complexity index is 599. The van der Waals surface area contributed by atoms with Crippen LogP contribution in [-0.4, -0.2) is 6.18 Å². The van der Waals surface area contributed by atoms with Gasteiger partial charge in [-0.25, -0.2) is 4.39 Å². The van der Waals surface area contributed by atoms with E-state index in [-0.39, 0.29) is 5.56 Å². The Balaban J connectivity index is 1.89. The van der Waals surface area contributed by atoms with Crippen LogP contribution in [0.2, 0.25) is 0 Å². The van der Waals surface area contributed by atoms with E-state index in [4.69, 9.17) is 0 Å². The van der Waals surface area contributed by atoms with E-state index >= 15 is 0 Å². The summed E-state index contributed by atoms with van der Waals surface area (Å²) in [7, 11) is 0. The molecular formula is C21H26F4. The summed E-state index contributed by atoms with van der Waals surface area (Å²) >= 11 is 0. The van der Waals surface area contributed by atoms with E-state index in [2.05, 4.69) is 6.92 Å². The van der Waals surface area contributed by atoms with Crippen LogP contribution in [0, 0.1) is 23.6 Å². The number of unbranched alkanes of at least 4 members (excludes halogenated alkanes) is 3. The van der Waals surface area contributed by atoms with E-state index in [9.17, 15) is 17.6 Å². The number of hydrogen-bond acceptors (Lipinski definition) is 0. The molecule has 0 heterocycles. The lowest BCUT2D eigenvalue weighted by molar-refractivity contribution is -0.0696. The minimum absolute atomic E-state index is 0.189. The van der Waals surface area contributed by atoms with E-state index in [1.54, 1.807) is 6.07 Å². The molecule has 0 atom stereocenters. The van der Waals surface area contributed by atoms with Crippen molar-refractivity contribution in [3.8, 4) is 11.8 Å². The van der Waals surface area contributed by atoms with Gasteiger partial charge in [0.15, 0.2) is 0 Å². The molecule has 2 rings (SSSR count). The molecule has 25 heavy (non-hydrogen) atoms. The summed E-state index contributed by atoms with van der Waals surface area (Å²) in [4.78, 5) is 0. The van der Waals surface area contributed by atoms with Gasteiger partial charge in [-0.2, -0.15) is 13.2 Å². The van der Waals surface area contributed by atoms with Crippen LogP contribution in [0.25, 0.3) is 0 Å². The standard InChI is InChI=1S/C21H26F4/c1-2-3-4-5-6-16-7-9-17(10-8-16)19-12-11-18(20(22)15-19)13-14-21(23,24)25/h11-12,15-17H,2-10H2,1H3. The van der Waals surface area contributed by atoms with Gasteiger partial charge in [-0.15, -0.1) is 0 Å². The molecule has 0 aliphatic heterocycles. The topological polar surface area (TPSA) is 0 Å². The third-order valence-electron chi connectivity index (χ3n) is 5.12. The Hall–Kier alpha value is -1.50. The molecule has 1 aromatic carbocycles. The number of rotatable bonds is 6. The van der Waals surface area contributed by atoms with Crippen molar-refractivity contribution in [2.75, 3.05) is 0 Å². The van der Waals surface area contributed by atoms with E-state index < -0.39 is 12.0 Å². The molecule has 1 saturated carbocycles. The molecule has 0 unspecified atom stereocenters. The van der Waals surface area contributed by atoms with Gasteiger partial charge in [0.1, 0.15) is 5.82 Å². The van der Waals surface area contributed by atoms with Crippen LogP contribution >= 0.6 is 0 Å². The molecule has 0 aromatic heterocycles. The van der Waals surface area contributed by atoms with E-state index in [0.29, 0.717) is 5.92 Å². The first kappa shape index (κ1) is 19.8. The average molecular weight is 354 g/mol. The summed E-state index contributed by atoms with van der Waals surface area (Å²) in [5, 5.41) is 0. The van der Waals surface area contributed by atoms with E-state index in [0.717, 1.165) is 43.1 Å². The third kappa shape index (κ3) is 6.72. The zero-order chi connectivity index (χ0) is 18.3. The predicted octanol–water partition coefficient (Wildman–Crippen LogP) is 6.98. The average Bonchev–Trinajstić information content (AvgIpc) is 2.57. The largest absolute Gasteiger partial charge is 0.458 e. The summed E-state index contributed by atoms with van der Waals surface area (Å²) in [6.07, 6.45) is 6.24. The fourth-order valence-corrected chi connectivity index (χ4v) is 3.67. The zero-order valence-corrected chi connectivity index (χ0v) is 14.8. The van der Waals surface area contributed by atoms with Gasteiger partial charge in [-0.3, -0.25) is 0 Å². The maximum Gasteiger partial charge on any atom is 0.458 e. The highest BCUT2D eigenvalue weighted by Crippen LogP contribution is 2.38. The van der Waals surface area contributed by atoms with Crippen molar-refractivity contribution in [3.63, 3.8) is 0 Å². The monoisotopic (exact) mass is 354 g/mol. The van der Waals surface area contributed by atoms with Gasteiger partial charge in [-0.05, 0) is 55.2 Å². The molecule has 0 radical (unpaired) electrons. The second kappa shape index (κ2) is 9.27. The third-order valence-corrected chi connectivity index (χ3v) is 5.12. The van der Waals surface area contributed by atoms with Gasteiger partial charge in [0, 0.05) is 5.92 Å². The summed E-state index contributed by atoms with van der Waals surface area (Å²) in [6, 6.07) is 4.47. The molecule has 138 valence electrons. The number of alkyl halides is 3. The lowest BCUT2D eigenvalue weighted by Gasteiger charge is -2.29. The lowest BCUT2D eigenvalue weighted by atomic mass is 9.77. The van der Waals surface area contributed by atoms with Crippen LogP contribution in [0.5, 0.6) is 0 Å². The smallest absolute Gasteiger partial charge is 0.206 e. The van der Waals surface area contributed by atoms with Crippen LogP contribution in [0.15, 0.2) is 18.2 Å². The molecule has 0 N–H and O–H groups in total. The van der Waals surface area contributed by atoms with Crippen molar-refractivity contribution in [2.45, 2.75) is 76.8 Å².